The summed E-state index contributed by atoms with van der Waals surface area (Å²) in [6.07, 6.45) is 3.10. The van der Waals surface area contributed by atoms with Crippen molar-refractivity contribution >= 4 is 0 Å². The van der Waals surface area contributed by atoms with E-state index in [0.717, 1.165) is 19.3 Å². The van der Waals surface area contributed by atoms with Gasteiger partial charge in [0.1, 0.15) is 0 Å². The van der Waals surface area contributed by atoms with Crippen LogP contribution in [0.5, 0.6) is 0 Å². The van der Waals surface area contributed by atoms with Crippen LogP contribution < -0.4 is 59.1 Å². The molecule has 0 aromatic carbocycles. The van der Waals surface area contributed by atoms with Gasteiger partial charge in [-0.05, 0) is 43.7 Å². The van der Waals surface area contributed by atoms with Gasteiger partial charge in [0.25, 0.3) is 0 Å². The standard InChI is InChI=1S/C5H11N3O2.C4H11N3O2.2Na/c9-6-8(10)7-4-2-1-3-5-7;1-3-6(4-2)7(9)5-8;;/h9H,1-5H2;8H,3-4H2,1-2H3;;/q;;2*+1/p-2/b8-6-;7-5-;;. The van der Waals surface area contributed by atoms with E-state index in [1.54, 1.807) is 13.8 Å². The fourth-order valence-electron chi connectivity index (χ4n) is 1.62. The predicted octanol–water partition coefficient (Wildman–Crippen LogP) is -4.44. The zero-order chi connectivity index (χ0) is 14.7. The SMILES string of the molecule is CCN(CC)/[N+]([O-])=N/[O-].[Na+].[Na+].[O-]/N=[N+](\[O-])N1CCCCC1. The molecular weight excluding hydrogens is 302 g/mol. The van der Waals surface area contributed by atoms with Gasteiger partial charge < -0.3 is 20.8 Å². The molecule has 112 valence electrons. The molecule has 1 rings (SSSR count). The minimum Gasteiger partial charge on any atom is -0.737 e. The fourth-order valence-corrected chi connectivity index (χ4v) is 1.62. The first kappa shape index (κ1) is 25.9. The zero-order valence-corrected chi connectivity index (χ0v) is 17.3. The van der Waals surface area contributed by atoms with Crippen molar-refractivity contribution in [1.29, 1.82) is 0 Å². The molecule has 12 heteroatoms. The van der Waals surface area contributed by atoms with Crippen molar-refractivity contribution in [1.82, 2.24) is 10.0 Å². The summed E-state index contributed by atoms with van der Waals surface area (Å²) in [7, 11) is 0. The van der Waals surface area contributed by atoms with Crippen molar-refractivity contribution in [2.24, 2.45) is 10.6 Å². The molecule has 0 unspecified atom stereocenters. The Labute approximate surface area is 168 Å². The van der Waals surface area contributed by atoms with E-state index in [4.69, 9.17) is 0 Å². The predicted molar refractivity (Wildman–Crippen MR) is 67.2 cm³/mol. The summed E-state index contributed by atoms with van der Waals surface area (Å²) in [5.74, 6) is 0. The Bertz CT molecular complexity index is 298. The van der Waals surface area contributed by atoms with Gasteiger partial charge in [-0.3, -0.25) is 0 Å². The molecule has 0 amide bonds. The topological polar surface area (TPSA) is 129 Å². The van der Waals surface area contributed by atoms with Crippen LogP contribution in [-0.2, 0) is 0 Å². The number of hydrogen-bond donors (Lipinski definition) is 0. The molecule has 21 heavy (non-hydrogen) atoms. The van der Waals surface area contributed by atoms with Gasteiger partial charge >= 0.3 is 59.1 Å². The molecule has 0 aromatic rings. The van der Waals surface area contributed by atoms with Crippen LogP contribution in [0.1, 0.15) is 33.1 Å². The van der Waals surface area contributed by atoms with Crippen molar-refractivity contribution in [2.75, 3.05) is 26.2 Å². The second-order valence-corrected chi connectivity index (χ2v) is 3.82. The Hall–Kier alpha value is 0.0000000000000000555. The van der Waals surface area contributed by atoms with Crippen LogP contribution in [0, 0.1) is 20.8 Å². The van der Waals surface area contributed by atoms with Gasteiger partial charge in [-0.2, -0.15) is 5.01 Å². The Morgan fingerprint density at radius 3 is 1.71 bits per heavy atom. The van der Waals surface area contributed by atoms with Crippen LogP contribution >= 0.6 is 0 Å². The molecule has 1 aliphatic heterocycles. The molecule has 0 aromatic heterocycles. The average molecular weight is 322 g/mol. The van der Waals surface area contributed by atoms with Crippen molar-refractivity contribution in [3.8, 4) is 0 Å². The average Bonchev–Trinajstić information content (AvgIpc) is 2.49. The smallest absolute Gasteiger partial charge is 0.737 e. The van der Waals surface area contributed by atoms with Crippen LogP contribution in [0.15, 0.2) is 10.6 Å². The molecule has 1 aliphatic rings. The number of hydrazine groups is 2. The fraction of sp³-hybridized carbons (Fsp3) is 1.00. The Morgan fingerprint density at radius 2 is 1.43 bits per heavy atom. The summed E-state index contributed by atoms with van der Waals surface area (Å²) in [5.41, 5.74) is 0. The second-order valence-electron chi connectivity index (χ2n) is 3.82. The maximum absolute atomic E-state index is 10.5. The summed E-state index contributed by atoms with van der Waals surface area (Å²) in [4.78, 5) is 0.194. The zero-order valence-electron chi connectivity index (χ0n) is 13.3. The van der Waals surface area contributed by atoms with Gasteiger partial charge in [-0.15, -0.1) is 5.01 Å². The van der Waals surface area contributed by atoms with Crippen molar-refractivity contribution in [2.45, 2.75) is 33.1 Å². The summed E-state index contributed by atoms with van der Waals surface area (Å²) in [6, 6.07) is 0. The third-order valence-corrected chi connectivity index (χ3v) is 2.69. The van der Waals surface area contributed by atoms with E-state index in [2.05, 4.69) is 10.6 Å². The second kappa shape index (κ2) is 16.4. The number of nitrogens with zero attached hydrogens (tertiary/aromatic N) is 6. The van der Waals surface area contributed by atoms with E-state index in [1.165, 1.54) is 10.0 Å². The minimum absolute atomic E-state index is 0. The van der Waals surface area contributed by atoms with E-state index in [-0.39, 0.29) is 69.1 Å². The van der Waals surface area contributed by atoms with Crippen LogP contribution in [0.25, 0.3) is 0 Å². The van der Waals surface area contributed by atoms with Gasteiger partial charge in [-0.25, -0.2) is 0 Å². The molecule has 0 bridgehead atoms. The molecular formula is C9H20N6Na2O4. The van der Waals surface area contributed by atoms with E-state index in [9.17, 15) is 20.8 Å². The van der Waals surface area contributed by atoms with E-state index in [0.29, 0.717) is 26.2 Å². The van der Waals surface area contributed by atoms with Gasteiger partial charge in [0.15, 0.2) is 0 Å². The van der Waals surface area contributed by atoms with Gasteiger partial charge in [-0.1, -0.05) is 0 Å². The largest absolute Gasteiger partial charge is 1.00 e. The quantitative estimate of drug-likeness (QED) is 0.222. The molecule has 1 fully saturated rings. The van der Waals surface area contributed by atoms with Gasteiger partial charge in [0, 0.05) is 9.94 Å². The summed E-state index contributed by atoms with van der Waals surface area (Å²) < 4.78 is 0. The molecule has 0 saturated carbocycles. The third-order valence-electron chi connectivity index (χ3n) is 2.69. The maximum atomic E-state index is 10.5. The van der Waals surface area contributed by atoms with Gasteiger partial charge in [0.2, 0.25) is 0 Å². The molecule has 0 aliphatic carbocycles. The van der Waals surface area contributed by atoms with Crippen LogP contribution in [0.4, 0.5) is 0 Å². The third kappa shape index (κ3) is 11.2. The monoisotopic (exact) mass is 322 g/mol. The Morgan fingerprint density at radius 1 is 0.952 bits per heavy atom. The molecule has 0 spiro atoms. The summed E-state index contributed by atoms with van der Waals surface area (Å²) >= 11 is 0. The van der Waals surface area contributed by atoms with Crippen LogP contribution in [0.3, 0.4) is 0 Å². The summed E-state index contributed by atoms with van der Waals surface area (Å²) in [5, 5.41) is 47.3. The van der Waals surface area contributed by atoms with Gasteiger partial charge in [0.05, 0.1) is 26.2 Å². The van der Waals surface area contributed by atoms with Crippen LogP contribution in [0.2, 0.25) is 0 Å². The van der Waals surface area contributed by atoms with Crippen LogP contribution in [-0.4, -0.2) is 46.1 Å². The molecule has 10 nitrogen and oxygen atoms in total. The number of hydrogen-bond acceptors (Lipinski definition) is 6. The van der Waals surface area contributed by atoms with E-state index >= 15 is 0 Å². The normalized spacial score (nSPS) is 15.0. The van der Waals surface area contributed by atoms with Crippen molar-refractivity contribution in [3.05, 3.63) is 20.8 Å². The first-order valence-corrected chi connectivity index (χ1v) is 6.21. The van der Waals surface area contributed by atoms with Crippen molar-refractivity contribution < 1.29 is 69.1 Å². The molecule has 0 N–H and O–H groups in total. The first-order valence-electron chi connectivity index (χ1n) is 6.21. The number of piperidine rings is 1. The summed E-state index contributed by atoms with van der Waals surface area (Å²) in [6.45, 7) is 5.89. The molecule has 0 atom stereocenters. The Balaban J connectivity index is -0.000000284. The first-order chi connectivity index (χ1) is 9.10. The molecule has 0 radical (unpaired) electrons. The van der Waals surface area contributed by atoms with E-state index < -0.39 is 0 Å². The maximum Gasteiger partial charge on any atom is 1.00 e. The molecule has 1 heterocycles. The van der Waals surface area contributed by atoms with E-state index in [1.807, 2.05) is 0 Å². The Kier molecular flexibility index (Phi) is 20.2. The number of rotatable bonds is 4. The minimum atomic E-state index is 0. The molecule has 1 saturated heterocycles. The van der Waals surface area contributed by atoms with Crippen molar-refractivity contribution in [3.63, 3.8) is 0 Å².